The Morgan fingerprint density at radius 3 is 2.31 bits per heavy atom. The van der Waals surface area contributed by atoms with Crippen LogP contribution in [0.1, 0.15) is 0 Å². The number of hydrogen-bond acceptors (Lipinski definition) is 2. The van der Waals surface area contributed by atoms with Gasteiger partial charge in [0, 0.05) is 15.7 Å². The monoisotopic (exact) mass is 325 g/mol. The van der Waals surface area contributed by atoms with Crippen molar-refractivity contribution in [3.63, 3.8) is 0 Å². The van der Waals surface area contributed by atoms with Gasteiger partial charge in [-0.1, -0.05) is 30.3 Å². The second kappa shape index (κ2) is 4.61. The van der Waals surface area contributed by atoms with Crippen molar-refractivity contribution >= 4 is 28.3 Å². The smallest absolute Gasteiger partial charge is 0.258 e. The summed E-state index contributed by atoms with van der Waals surface area (Å²) in [5.74, 6) is 0. The lowest BCUT2D eigenvalue weighted by Gasteiger charge is -2.03. The first-order chi connectivity index (χ1) is 7.68. The number of rotatable bonds is 2. The highest BCUT2D eigenvalue weighted by atomic mass is 127. The van der Waals surface area contributed by atoms with Crippen molar-refractivity contribution in [1.82, 2.24) is 0 Å². The predicted molar refractivity (Wildman–Crippen MR) is 71.2 cm³/mol. The number of nitro benzene ring substituents is 1. The van der Waals surface area contributed by atoms with Gasteiger partial charge in [0.2, 0.25) is 0 Å². The fourth-order valence-electron chi connectivity index (χ4n) is 1.47. The summed E-state index contributed by atoms with van der Waals surface area (Å²) in [5, 5.41) is 10.6. The maximum Gasteiger partial charge on any atom is 0.270 e. The number of benzene rings is 2. The van der Waals surface area contributed by atoms with Crippen LogP contribution in [0.3, 0.4) is 0 Å². The molecule has 0 aliphatic carbocycles. The maximum absolute atomic E-state index is 10.6. The van der Waals surface area contributed by atoms with Gasteiger partial charge < -0.3 is 0 Å². The van der Waals surface area contributed by atoms with E-state index in [2.05, 4.69) is 22.6 Å². The van der Waals surface area contributed by atoms with Crippen molar-refractivity contribution in [2.75, 3.05) is 0 Å². The molecule has 0 N–H and O–H groups in total. The Hall–Kier alpha value is -1.43. The summed E-state index contributed by atoms with van der Waals surface area (Å²) in [6.45, 7) is 0. The predicted octanol–water partition coefficient (Wildman–Crippen LogP) is 3.87. The Kier molecular flexibility index (Phi) is 3.19. The fourth-order valence-corrected chi connectivity index (χ4v) is 2.28. The molecule has 0 unspecified atom stereocenters. The van der Waals surface area contributed by atoms with E-state index in [4.69, 9.17) is 0 Å². The molecular weight excluding hydrogens is 317 g/mol. The quantitative estimate of drug-likeness (QED) is 0.478. The maximum atomic E-state index is 10.6. The third-order valence-corrected chi connectivity index (χ3v) is 3.14. The lowest BCUT2D eigenvalue weighted by Crippen LogP contribution is -1.90. The molecule has 0 spiro atoms. The van der Waals surface area contributed by atoms with Crippen molar-refractivity contribution in [3.05, 3.63) is 62.2 Å². The van der Waals surface area contributed by atoms with Gasteiger partial charge in [0.25, 0.3) is 5.69 Å². The highest BCUT2D eigenvalue weighted by molar-refractivity contribution is 14.1. The summed E-state index contributed by atoms with van der Waals surface area (Å²) in [4.78, 5) is 10.2. The van der Waals surface area contributed by atoms with Gasteiger partial charge in [0.15, 0.2) is 0 Å². The van der Waals surface area contributed by atoms with Gasteiger partial charge in [-0.2, -0.15) is 0 Å². The van der Waals surface area contributed by atoms with Crippen molar-refractivity contribution in [2.24, 2.45) is 0 Å². The largest absolute Gasteiger partial charge is 0.270 e. The minimum Gasteiger partial charge on any atom is -0.258 e. The van der Waals surface area contributed by atoms with E-state index in [1.807, 2.05) is 30.3 Å². The Labute approximate surface area is 106 Å². The Morgan fingerprint density at radius 1 is 1.06 bits per heavy atom. The molecule has 0 aliphatic heterocycles. The van der Waals surface area contributed by atoms with Crippen LogP contribution in [0.2, 0.25) is 0 Å². The average Bonchev–Trinajstić information content (AvgIpc) is 2.30. The van der Waals surface area contributed by atoms with Crippen molar-refractivity contribution in [1.29, 1.82) is 0 Å². The standard InChI is InChI=1S/C12H8INO2/c13-12-8-10(14(15)16)6-7-11(12)9-4-2-1-3-5-9/h1-8H. The Balaban J connectivity index is 2.48. The lowest BCUT2D eigenvalue weighted by molar-refractivity contribution is -0.384. The van der Waals surface area contributed by atoms with Crippen molar-refractivity contribution in [2.45, 2.75) is 0 Å². The SMILES string of the molecule is O=[N+]([O-])c1ccc(-c2ccccc2)c(I)c1. The van der Waals surface area contributed by atoms with Gasteiger partial charge in [0.1, 0.15) is 0 Å². The second-order valence-corrected chi connectivity index (χ2v) is 4.45. The zero-order chi connectivity index (χ0) is 11.5. The number of non-ortho nitro benzene ring substituents is 1. The summed E-state index contributed by atoms with van der Waals surface area (Å²) < 4.78 is 0.887. The highest BCUT2D eigenvalue weighted by Gasteiger charge is 2.09. The van der Waals surface area contributed by atoms with Crippen LogP contribution in [0.5, 0.6) is 0 Å². The molecule has 16 heavy (non-hydrogen) atoms. The molecule has 2 aromatic rings. The molecule has 0 saturated carbocycles. The summed E-state index contributed by atoms with van der Waals surface area (Å²) in [5.41, 5.74) is 2.22. The first kappa shape index (κ1) is 11.1. The van der Waals surface area contributed by atoms with Crippen molar-refractivity contribution in [3.8, 4) is 11.1 Å². The van der Waals surface area contributed by atoms with E-state index < -0.39 is 0 Å². The van der Waals surface area contributed by atoms with Crippen LogP contribution in [0, 0.1) is 13.7 Å². The molecule has 0 saturated heterocycles. The van der Waals surface area contributed by atoms with Gasteiger partial charge in [-0.05, 0) is 39.8 Å². The van der Waals surface area contributed by atoms with E-state index in [0.717, 1.165) is 14.7 Å². The van der Waals surface area contributed by atoms with E-state index in [-0.39, 0.29) is 10.6 Å². The molecule has 2 aromatic carbocycles. The van der Waals surface area contributed by atoms with Crippen LogP contribution in [0.25, 0.3) is 11.1 Å². The molecule has 4 heteroatoms. The van der Waals surface area contributed by atoms with Crippen LogP contribution < -0.4 is 0 Å². The third kappa shape index (κ3) is 2.21. The van der Waals surface area contributed by atoms with Gasteiger partial charge in [0.05, 0.1) is 4.92 Å². The summed E-state index contributed by atoms with van der Waals surface area (Å²) in [6, 6.07) is 14.7. The summed E-state index contributed by atoms with van der Waals surface area (Å²) >= 11 is 2.12. The lowest BCUT2D eigenvalue weighted by atomic mass is 10.1. The Bertz CT molecular complexity index is 526. The van der Waals surface area contributed by atoms with E-state index in [9.17, 15) is 10.1 Å². The van der Waals surface area contributed by atoms with Gasteiger partial charge in [-0.15, -0.1) is 0 Å². The molecule has 0 atom stereocenters. The minimum absolute atomic E-state index is 0.129. The van der Waals surface area contributed by atoms with E-state index in [0.29, 0.717) is 0 Å². The van der Waals surface area contributed by atoms with E-state index in [1.165, 1.54) is 6.07 Å². The summed E-state index contributed by atoms with van der Waals surface area (Å²) in [7, 11) is 0. The molecule has 0 heterocycles. The zero-order valence-corrected chi connectivity index (χ0v) is 10.4. The molecular formula is C12H8INO2. The van der Waals surface area contributed by atoms with Gasteiger partial charge in [-0.25, -0.2) is 0 Å². The van der Waals surface area contributed by atoms with Crippen LogP contribution in [-0.4, -0.2) is 4.92 Å². The molecule has 0 aromatic heterocycles. The van der Waals surface area contributed by atoms with Crippen LogP contribution in [0.15, 0.2) is 48.5 Å². The fraction of sp³-hybridized carbons (Fsp3) is 0. The number of halogens is 1. The topological polar surface area (TPSA) is 43.1 Å². The van der Waals surface area contributed by atoms with Gasteiger partial charge in [-0.3, -0.25) is 10.1 Å². The third-order valence-electron chi connectivity index (χ3n) is 2.25. The number of hydrogen-bond donors (Lipinski definition) is 0. The van der Waals surface area contributed by atoms with Gasteiger partial charge >= 0.3 is 0 Å². The van der Waals surface area contributed by atoms with Crippen LogP contribution in [0.4, 0.5) is 5.69 Å². The first-order valence-corrected chi connectivity index (χ1v) is 5.76. The van der Waals surface area contributed by atoms with Crippen molar-refractivity contribution < 1.29 is 4.92 Å². The zero-order valence-electron chi connectivity index (χ0n) is 8.26. The molecule has 2 rings (SSSR count). The highest BCUT2D eigenvalue weighted by Crippen LogP contribution is 2.28. The normalized spacial score (nSPS) is 10.1. The number of nitro groups is 1. The minimum atomic E-state index is -0.378. The van der Waals surface area contributed by atoms with E-state index in [1.54, 1.807) is 12.1 Å². The summed E-state index contributed by atoms with van der Waals surface area (Å²) in [6.07, 6.45) is 0. The first-order valence-electron chi connectivity index (χ1n) is 4.68. The van der Waals surface area contributed by atoms with E-state index >= 15 is 0 Å². The second-order valence-electron chi connectivity index (χ2n) is 3.29. The number of nitrogens with zero attached hydrogens (tertiary/aromatic N) is 1. The molecule has 0 amide bonds. The molecule has 0 aliphatic rings. The molecule has 3 nitrogen and oxygen atoms in total. The van der Waals surface area contributed by atoms with Crippen LogP contribution in [-0.2, 0) is 0 Å². The molecule has 0 radical (unpaired) electrons. The van der Waals surface area contributed by atoms with Crippen LogP contribution >= 0.6 is 22.6 Å². The average molecular weight is 325 g/mol. The Morgan fingerprint density at radius 2 is 1.75 bits per heavy atom. The molecule has 0 fully saturated rings. The molecule has 0 bridgehead atoms. The molecule has 80 valence electrons.